The van der Waals surface area contributed by atoms with Gasteiger partial charge >= 0.3 is 0 Å². The Bertz CT molecular complexity index is 347. The van der Waals surface area contributed by atoms with Crippen molar-refractivity contribution in [1.82, 2.24) is 0 Å². The van der Waals surface area contributed by atoms with E-state index in [1.807, 2.05) is 24.3 Å². The predicted molar refractivity (Wildman–Crippen MR) is 63.1 cm³/mol. The maximum absolute atomic E-state index is 9.98. The van der Waals surface area contributed by atoms with E-state index in [-0.39, 0.29) is 6.10 Å². The van der Waals surface area contributed by atoms with Gasteiger partial charge in [-0.15, -0.1) is 0 Å². The van der Waals surface area contributed by atoms with Gasteiger partial charge in [-0.1, -0.05) is 12.1 Å². The maximum Gasteiger partial charge on any atom is 0.119 e. The van der Waals surface area contributed by atoms with Gasteiger partial charge in [0.2, 0.25) is 0 Å². The third-order valence-electron chi connectivity index (χ3n) is 2.86. The van der Waals surface area contributed by atoms with Gasteiger partial charge in [0.15, 0.2) is 0 Å². The summed E-state index contributed by atoms with van der Waals surface area (Å²) in [7, 11) is 1.61. The molecule has 4 heteroatoms. The highest BCUT2D eigenvalue weighted by Gasteiger charge is 2.18. The van der Waals surface area contributed by atoms with Gasteiger partial charge in [0, 0.05) is 6.61 Å². The van der Waals surface area contributed by atoms with Crippen molar-refractivity contribution < 1.29 is 19.3 Å². The number of hydrogen-bond acceptors (Lipinski definition) is 4. The van der Waals surface area contributed by atoms with Crippen molar-refractivity contribution in [3.63, 3.8) is 0 Å². The number of benzene rings is 1. The largest absolute Gasteiger partial charge is 0.497 e. The van der Waals surface area contributed by atoms with E-state index in [4.69, 9.17) is 14.2 Å². The Morgan fingerprint density at radius 3 is 3.12 bits per heavy atom. The normalized spacial score (nSPS) is 21.4. The zero-order valence-electron chi connectivity index (χ0n) is 9.96. The second kappa shape index (κ2) is 6.00. The van der Waals surface area contributed by atoms with E-state index < -0.39 is 6.10 Å². The lowest BCUT2D eigenvalue weighted by Gasteiger charge is -2.15. The fraction of sp³-hybridized carbons (Fsp3) is 0.538. The van der Waals surface area contributed by atoms with Gasteiger partial charge < -0.3 is 19.3 Å². The molecule has 4 nitrogen and oxygen atoms in total. The summed E-state index contributed by atoms with van der Waals surface area (Å²) in [4.78, 5) is 0. The molecule has 2 unspecified atom stereocenters. The van der Waals surface area contributed by atoms with Gasteiger partial charge in [-0.25, -0.2) is 0 Å². The lowest BCUT2D eigenvalue weighted by molar-refractivity contribution is -0.0131. The summed E-state index contributed by atoms with van der Waals surface area (Å²) in [5, 5.41) is 9.98. The number of rotatable bonds is 5. The molecule has 1 aromatic rings. The van der Waals surface area contributed by atoms with Crippen LogP contribution in [0.1, 0.15) is 18.1 Å². The van der Waals surface area contributed by atoms with E-state index in [9.17, 15) is 5.11 Å². The van der Waals surface area contributed by atoms with Gasteiger partial charge in [0.1, 0.15) is 11.9 Å². The highest BCUT2D eigenvalue weighted by molar-refractivity contribution is 5.29. The molecule has 94 valence electrons. The van der Waals surface area contributed by atoms with Gasteiger partial charge in [0.05, 0.1) is 26.4 Å². The van der Waals surface area contributed by atoms with Crippen LogP contribution < -0.4 is 4.74 Å². The first-order valence-corrected chi connectivity index (χ1v) is 5.81. The summed E-state index contributed by atoms with van der Waals surface area (Å²) in [6.45, 7) is 1.67. The third kappa shape index (κ3) is 3.43. The standard InChI is InChI=1S/C13H18O4/c1-15-11-4-2-3-10(7-11)13(14)9-17-12-5-6-16-8-12/h2-4,7,12-14H,5-6,8-9H2,1H3. The number of ether oxygens (including phenoxy) is 3. The molecule has 0 aromatic heterocycles. The summed E-state index contributed by atoms with van der Waals surface area (Å²) in [5.41, 5.74) is 0.809. The lowest BCUT2D eigenvalue weighted by atomic mass is 10.1. The summed E-state index contributed by atoms with van der Waals surface area (Å²) >= 11 is 0. The Morgan fingerprint density at radius 2 is 2.41 bits per heavy atom. The van der Waals surface area contributed by atoms with Crippen molar-refractivity contribution in [1.29, 1.82) is 0 Å². The van der Waals surface area contributed by atoms with Gasteiger partial charge in [-0.3, -0.25) is 0 Å². The summed E-state index contributed by atoms with van der Waals surface area (Å²) in [5.74, 6) is 0.741. The highest BCUT2D eigenvalue weighted by atomic mass is 16.5. The van der Waals surface area contributed by atoms with Crippen LogP contribution in [0.3, 0.4) is 0 Å². The number of methoxy groups -OCH3 is 1. The summed E-state index contributed by atoms with van der Waals surface area (Å²) in [6, 6.07) is 7.39. The smallest absolute Gasteiger partial charge is 0.119 e. The zero-order chi connectivity index (χ0) is 12.1. The Labute approximate surface area is 101 Å². The van der Waals surface area contributed by atoms with Crippen molar-refractivity contribution in [2.45, 2.75) is 18.6 Å². The Kier molecular flexibility index (Phi) is 4.36. The van der Waals surface area contributed by atoms with Crippen molar-refractivity contribution in [2.24, 2.45) is 0 Å². The van der Waals surface area contributed by atoms with E-state index in [0.717, 1.165) is 24.3 Å². The van der Waals surface area contributed by atoms with Crippen molar-refractivity contribution in [3.05, 3.63) is 29.8 Å². The van der Waals surface area contributed by atoms with E-state index in [2.05, 4.69) is 0 Å². The molecule has 1 fully saturated rings. The molecule has 0 aliphatic carbocycles. The first-order valence-electron chi connectivity index (χ1n) is 5.81. The first-order chi connectivity index (χ1) is 8.29. The number of aliphatic hydroxyl groups is 1. The van der Waals surface area contributed by atoms with Crippen LogP contribution in [-0.2, 0) is 9.47 Å². The zero-order valence-corrected chi connectivity index (χ0v) is 9.96. The molecule has 0 saturated carbocycles. The van der Waals surface area contributed by atoms with Crippen molar-refractivity contribution in [2.75, 3.05) is 26.9 Å². The topological polar surface area (TPSA) is 47.9 Å². The minimum absolute atomic E-state index is 0.121. The van der Waals surface area contributed by atoms with E-state index in [1.165, 1.54) is 0 Å². The minimum atomic E-state index is -0.620. The number of aliphatic hydroxyl groups excluding tert-OH is 1. The Morgan fingerprint density at radius 1 is 1.53 bits per heavy atom. The molecular weight excluding hydrogens is 220 g/mol. The van der Waals surface area contributed by atoms with Crippen LogP contribution >= 0.6 is 0 Å². The first kappa shape index (κ1) is 12.4. The lowest BCUT2D eigenvalue weighted by Crippen LogP contribution is -2.17. The molecule has 0 radical (unpaired) electrons. The van der Waals surface area contributed by atoms with Crippen LogP contribution in [-0.4, -0.2) is 38.1 Å². The molecule has 0 spiro atoms. The molecule has 1 aromatic carbocycles. The van der Waals surface area contributed by atoms with Gasteiger partial charge in [-0.2, -0.15) is 0 Å². The SMILES string of the molecule is COc1cccc(C(O)COC2CCOC2)c1. The molecule has 17 heavy (non-hydrogen) atoms. The second-order valence-electron chi connectivity index (χ2n) is 4.11. The van der Waals surface area contributed by atoms with E-state index in [0.29, 0.717) is 13.2 Å². The monoisotopic (exact) mass is 238 g/mol. The Hall–Kier alpha value is -1.10. The quantitative estimate of drug-likeness (QED) is 0.845. The maximum atomic E-state index is 9.98. The van der Waals surface area contributed by atoms with Gasteiger partial charge in [0.25, 0.3) is 0 Å². The fourth-order valence-corrected chi connectivity index (χ4v) is 1.82. The van der Waals surface area contributed by atoms with Crippen LogP contribution in [0.25, 0.3) is 0 Å². The van der Waals surface area contributed by atoms with E-state index >= 15 is 0 Å². The molecular formula is C13H18O4. The second-order valence-corrected chi connectivity index (χ2v) is 4.11. The molecule has 2 rings (SSSR count). The summed E-state index contributed by atoms with van der Waals surface area (Å²) in [6.07, 6.45) is 0.408. The molecule has 2 atom stereocenters. The minimum Gasteiger partial charge on any atom is -0.497 e. The number of hydrogen-bond donors (Lipinski definition) is 1. The summed E-state index contributed by atoms with van der Waals surface area (Å²) < 4.78 is 15.9. The molecule has 1 heterocycles. The molecule has 0 amide bonds. The Balaban J connectivity index is 1.87. The van der Waals surface area contributed by atoms with Gasteiger partial charge in [-0.05, 0) is 24.1 Å². The fourth-order valence-electron chi connectivity index (χ4n) is 1.82. The van der Waals surface area contributed by atoms with Crippen LogP contribution in [0.4, 0.5) is 0 Å². The van der Waals surface area contributed by atoms with E-state index in [1.54, 1.807) is 7.11 Å². The van der Waals surface area contributed by atoms with Crippen LogP contribution in [0.15, 0.2) is 24.3 Å². The van der Waals surface area contributed by atoms with Crippen molar-refractivity contribution in [3.8, 4) is 5.75 Å². The molecule has 1 aliphatic rings. The molecule has 1 saturated heterocycles. The van der Waals surface area contributed by atoms with Crippen LogP contribution in [0, 0.1) is 0 Å². The highest BCUT2D eigenvalue weighted by Crippen LogP contribution is 2.20. The molecule has 1 aliphatic heterocycles. The average Bonchev–Trinajstić information content (AvgIpc) is 2.89. The molecule has 1 N–H and O–H groups in total. The third-order valence-corrected chi connectivity index (χ3v) is 2.86. The van der Waals surface area contributed by atoms with Crippen molar-refractivity contribution >= 4 is 0 Å². The molecule has 0 bridgehead atoms. The van der Waals surface area contributed by atoms with Crippen LogP contribution in [0.5, 0.6) is 5.75 Å². The predicted octanol–water partition coefficient (Wildman–Crippen LogP) is 1.53. The van der Waals surface area contributed by atoms with Crippen LogP contribution in [0.2, 0.25) is 0 Å². The average molecular weight is 238 g/mol.